The van der Waals surface area contributed by atoms with Gasteiger partial charge < -0.3 is 9.84 Å². The molecule has 0 amide bonds. The van der Waals surface area contributed by atoms with Crippen LogP contribution in [0.1, 0.15) is 39.5 Å². The molecule has 0 bridgehead atoms. The first-order valence-electron chi connectivity index (χ1n) is 5.39. The minimum Gasteiger partial charge on any atom is -0.481 e. The molecule has 1 atom stereocenters. The molecule has 0 saturated carbocycles. The molecule has 4 nitrogen and oxygen atoms in total. The molecule has 0 aliphatic heterocycles. The van der Waals surface area contributed by atoms with Gasteiger partial charge in [0, 0.05) is 6.92 Å². The van der Waals surface area contributed by atoms with E-state index in [4.69, 9.17) is 9.90 Å². The zero-order valence-corrected chi connectivity index (χ0v) is 10.4. The van der Waals surface area contributed by atoms with Gasteiger partial charge in [-0.3, -0.25) is 9.59 Å². The van der Waals surface area contributed by atoms with Crippen LogP contribution in [0.25, 0.3) is 0 Å². The summed E-state index contributed by atoms with van der Waals surface area (Å²) in [5, 5.41) is 7.42. The second-order valence-electron chi connectivity index (χ2n) is 3.38. The van der Waals surface area contributed by atoms with Gasteiger partial charge in [-0.2, -0.15) is 0 Å². The van der Waals surface area contributed by atoms with E-state index in [9.17, 15) is 4.79 Å². The van der Waals surface area contributed by atoms with E-state index >= 15 is 0 Å². The maximum absolute atomic E-state index is 11.0. The number of carboxylic acid groups (broad SMARTS) is 1. The van der Waals surface area contributed by atoms with Gasteiger partial charge in [-0.05, 0) is 6.42 Å². The van der Waals surface area contributed by atoms with E-state index in [2.05, 4.69) is 18.2 Å². The average molecular weight is 230 g/mol. The normalized spacial score (nSPS) is 10.7. The van der Waals surface area contributed by atoms with Gasteiger partial charge in [0.1, 0.15) is 0 Å². The second kappa shape index (κ2) is 11.8. The third-order valence-corrected chi connectivity index (χ3v) is 1.91. The summed E-state index contributed by atoms with van der Waals surface area (Å²) in [5.74, 6) is -1.11. The Kier molecular flexibility index (Phi) is 12.6. The molecule has 94 valence electrons. The lowest BCUT2D eigenvalue weighted by Crippen LogP contribution is -2.13. The Labute approximate surface area is 97.3 Å². The van der Waals surface area contributed by atoms with Gasteiger partial charge in [-0.1, -0.05) is 32.3 Å². The van der Waals surface area contributed by atoms with Gasteiger partial charge in [0.05, 0.1) is 13.0 Å². The number of carbonyl (C=O) groups excluding carboxylic acids is 1. The minimum absolute atomic E-state index is 0.110. The predicted molar refractivity (Wildman–Crippen MR) is 63.2 cm³/mol. The predicted octanol–water partition coefficient (Wildman–Crippen LogP) is 2.63. The van der Waals surface area contributed by atoms with Crippen LogP contribution in [0.3, 0.4) is 0 Å². The molecule has 0 aromatic heterocycles. The van der Waals surface area contributed by atoms with Crippen LogP contribution in [-0.2, 0) is 14.3 Å². The highest BCUT2D eigenvalue weighted by Gasteiger charge is 2.13. The zero-order chi connectivity index (χ0) is 13.0. The van der Waals surface area contributed by atoms with Crippen molar-refractivity contribution < 1.29 is 19.4 Å². The van der Waals surface area contributed by atoms with Crippen molar-refractivity contribution in [2.45, 2.75) is 39.5 Å². The Morgan fingerprint density at radius 3 is 2.25 bits per heavy atom. The van der Waals surface area contributed by atoms with Crippen molar-refractivity contribution in [3.8, 4) is 0 Å². The Morgan fingerprint density at radius 2 is 1.94 bits per heavy atom. The molecule has 0 spiro atoms. The van der Waals surface area contributed by atoms with Crippen LogP contribution in [0.2, 0.25) is 0 Å². The molecule has 0 saturated heterocycles. The van der Waals surface area contributed by atoms with E-state index < -0.39 is 5.97 Å². The van der Waals surface area contributed by atoms with Crippen molar-refractivity contribution in [2.24, 2.45) is 5.92 Å². The molecule has 0 aliphatic rings. The zero-order valence-electron chi connectivity index (χ0n) is 10.4. The number of esters is 1. The fraction of sp³-hybridized carbons (Fsp3) is 0.667. The Balaban J connectivity index is 0. The maximum atomic E-state index is 11.0. The van der Waals surface area contributed by atoms with Gasteiger partial charge in [0.25, 0.3) is 5.97 Å². The van der Waals surface area contributed by atoms with Crippen LogP contribution in [0, 0.1) is 5.92 Å². The molecule has 1 N–H and O–H groups in total. The van der Waals surface area contributed by atoms with Gasteiger partial charge in [0.2, 0.25) is 0 Å². The largest absolute Gasteiger partial charge is 0.481 e. The smallest absolute Gasteiger partial charge is 0.312 e. The third-order valence-electron chi connectivity index (χ3n) is 1.91. The molecule has 0 heterocycles. The topological polar surface area (TPSA) is 63.6 Å². The molecule has 0 aromatic carbocycles. The fourth-order valence-electron chi connectivity index (χ4n) is 1.10. The van der Waals surface area contributed by atoms with Crippen LogP contribution in [0.15, 0.2) is 12.7 Å². The lowest BCUT2D eigenvalue weighted by molar-refractivity contribution is -0.144. The standard InChI is InChI=1S/C10H18O2.C2H4O2/c1-4-6-7-8-9(5-2)10(11)12-3;1-2(3)4/h5,9H,2,4,6-8H2,1,3H3;1H3,(H,3,4). The quantitative estimate of drug-likeness (QED) is 0.433. The number of methoxy groups -OCH3 is 1. The van der Waals surface area contributed by atoms with Crippen molar-refractivity contribution in [1.82, 2.24) is 0 Å². The van der Waals surface area contributed by atoms with Crippen LogP contribution in [0.5, 0.6) is 0 Å². The molecule has 0 fully saturated rings. The monoisotopic (exact) mass is 230 g/mol. The van der Waals surface area contributed by atoms with E-state index in [-0.39, 0.29) is 11.9 Å². The van der Waals surface area contributed by atoms with Crippen molar-refractivity contribution in [3.05, 3.63) is 12.7 Å². The molecular formula is C12H22O4. The van der Waals surface area contributed by atoms with Crippen molar-refractivity contribution in [1.29, 1.82) is 0 Å². The molecule has 0 aromatic rings. The lowest BCUT2D eigenvalue weighted by Gasteiger charge is -2.08. The SMILES string of the molecule is C=CC(CCCCC)C(=O)OC.CC(=O)O. The van der Waals surface area contributed by atoms with Crippen LogP contribution in [0.4, 0.5) is 0 Å². The highest BCUT2D eigenvalue weighted by molar-refractivity contribution is 5.74. The number of carboxylic acids is 1. The van der Waals surface area contributed by atoms with Crippen LogP contribution < -0.4 is 0 Å². The van der Waals surface area contributed by atoms with E-state index in [1.165, 1.54) is 20.0 Å². The summed E-state index contributed by atoms with van der Waals surface area (Å²) >= 11 is 0. The summed E-state index contributed by atoms with van der Waals surface area (Å²) in [6.07, 6.45) is 5.94. The fourth-order valence-corrected chi connectivity index (χ4v) is 1.10. The summed E-state index contributed by atoms with van der Waals surface area (Å²) < 4.78 is 4.62. The van der Waals surface area contributed by atoms with E-state index in [1.54, 1.807) is 6.08 Å². The molecule has 0 aliphatic carbocycles. The third kappa shape index (κ3) is 12.7. The van der Waals surface area contributed by atoms with E-state index in [0.717, 1.165) is 19.8 Å². The van der Waals surface area contributed by atoms with E-state index in [1.807, 2.05) is 0 Å². The Bertz CT molecular complexity index is 207. The van der Waals surface area contributed by atoms with Gasteiger partial charge >= 0.3 is 5.97 Å². The van der Waals surface area contributed by atoms with Gasteiger partial charge in [-0.25, -0.2) is 0 Å². The van der Waals surface area contributed by atoms with Gasteiger partial charge in [0.15, 0.2) is 0 Å². The van der Waals surface area contributed by atoms with Crippen molar-refractivity contribution >= 4 is 11.9 Å². The molecule has 1 unspecified atom stereocenters. The summed E-state index contributed by atoms with van der Waals surface area (Å²) in [6, 6.07) is 0. The minimum atomic E-state index is -0.833. The highest BCUT2D eigenvalue weighted by Crippen LogP contribution is 2.12. The van der Waals surface area contributed by atoms with Crippen LogP contribution >= 0.6 is 0 Å². The lowest BCUT2D eigenvalue weighted by atomic mass is 10.0. The summed E-state index contributed by atoms with van der Waals surface area (Å²) in [6.45, 7) is 6.83. The first-order valence-corrected chi connectivity index (χ1v) is 5.39. The van der Waals surface area contributed by atoms with Crippen molar-refractivity contribution in [2.75, 3.05) is 7.11 Å². The molecule has 4 heteroatoms. The second-order valence-corrected chi connectivity index (χ2v) is 3.38. The van der Waals surface area contributed by atoms with Gasteiger partial charge in [-0.15, -0.1) is 6.58 Å². The number of ether oxygens (including phenoxy) is 1. The number of aliphatic carboxylic acids is 1. The maximum Gasteiger partial charge on any atom is 0.312 e. The Morgan fingerprint density at radius 1 is 1.44 bits per heavy atom. The molecule has 16 heavy (non-hydrogen) atoms. The first-order chi connectivity index (χ1) is 7.49. The first kappa shape index (κ1) is 17.1. The summed E-state index contributed by atoms with van der Waals surface area (Å²) in [5.41, 5.74) is 0. The number of hydrogen-bond acceptors (Lipinski definition) is 3. The van der Waals surface area contributed by atoms with Crippen molar-refractivity contribution in [3.63, 3.8) is 0 Å². The number of unbranched alkanes of at least 4 members (excludes halogenated alkanes) is 2. The Hall–Kier alpha value is -1.32. The summed E-state index contributed by atoms with van der Waals surface area (Å²) in [4.78, 5) is 20.0. The van der Waals surface area contributed by atoms with E-state index in [0.29, 0.717) is 0 Å². The number of rotatable bonds is 6. The molecule has 0 rings (SSSR count). The number of hydrogen-bond donors (Lipinski definition) is 1. The average Bonchev–Trinajstić information content (AvgIpc) is 2.23. The molecule has 0 radical (unpaired) electrons. The summed E-state index contributed by atoms with van der Waals surface area (Å²) in [7, 11) is 1.42. The molecular weight excluding hydrogens is 208 g/mol. The van der Waals surface area contributed by atoms with Crippen LogP contribution in [-0.4, -0.2) is 24.2 Å². The number of carbonyl (C=O) groups is 2. The highest BCUT2D eigenvalue weighted by atomic mass is 16.5.